The predicted octanol–water partition coefficient (Wildman–Crippen LogP) is 0.390. The summed E-state index contributed by atoms with van der Waals surface area (Å²) in [5, 5.41) is 6.91. The Morgan fingerprint density at radius 1 is 1.15 bits per heavy atom. The topological polar surface area (TPSA) is 72.4 Å². The third kappa shape index (κ3) is 5.59. The quantitative estimate of drug-likeness (QED) is 0.345. The molecule has 2 bridgehead atoms. The van der Waals surface area contributed by atoms with Crippen LogP contribution in [0, 0.1) is 0 Å². The second kappa shape index (κ2) is 10.5. The number of nitrogens with zero attached hydrogens (tertiary/aromatic N) is 4. The third-order valence-corrected chi connectivity index (χ3v) is 5.47. The molecule has 2 N–H and O–H groups in total. The number of guanidine groups is 1. The molecule has 4 aliphatic rings. The van der Waals surface area contributed by atoms with Crippen molar-refractivity contribution in [3.05, 3.63) is 0 Å². The maximum Gasteiger partial charge on any atom is 0.409 e. The number of rotatable bonds is 4. The first-order valence-corrected chi connectivity index (χ1v) is 9.53. The average molecular weight is 480 g/mol. The Hall–Kier alpha value is -0.810. The van der Waals surface area contributed by atoms with E-state index in [4.69, 9.17) is 9.73 Å². The van der Waals surface area contributed by atoms with Crippen LogP contribution in [-0.4, -0.2) is 105 Å². The van der Waals surface area contributed by atoms with Gasteiger partial charge in [-0.2, -0.15) is 0 Å². The van der Waals surface area contributed by atoms with Gasteiger partial charge in [0.1, 0.15) is 0 Å². The first kappa shape index (κ1) is 21.5. The van der Waals surface area contributed by atoms with Crippen molar-refractivity contribution in [1.29, 1.82) is 0 Å². The van der Waals surface area contributed by atoms with Crippen molar-refractivity contribution in [3.8, 4) is 0 Å². The molecule has 0 radical (unpaired) electrons. The van der Waals surface area contributed by atoms with E-state index in [9.17, 15) is 4.79 Å². The maximum absolute atomic E-state index is 11.6. The summed E-state index contributed by atoms with van der Waals surface area (Å²) in [5.74, 6) is 0.900. The third-order valence-electron chi connectivity index (χ3n) is 5.47. The van der Waals surface area contributed by atoms with E-state index in [-0.39, 0.29) is 30.1 Å². The summed E-state index contributed by atoms with van der Waals surface area (Å²) in [5.41, 5.74) is 0. The molecule has 0 spiro atoms. The zero-order valence-corrected chi connectivity index (χ0v) is 18.3. The Balaban J connectivity index is 0.00000243. The van der Waals surface area contributed by atoms with E-state index in [1.165, 1.54) is 33.3 Å². The lowest BCUT2D eigenvalue weighted by Crippen LogP contribution is -2.62. The smallest absolute Gasteiger partial charge is 0.409 e. The van der Waals surface area contributed by atoms with E-state index in [2.05, 4.69) is 27.4 Å². The fraction of sp³-hybridized carbons (Fsp3) is 0.882. The van der Waals surface area contributed by atoms with Gasteiger partial charge < -0.3 is 20.3 Å². The Morgan fingerprint density at radius 2 is 1.85 bits per heavy atom. The minimum absolute atomic E-state index is 0. The fourth-order valence-corrected chi connectivity index (χ4v) is 3.94. The Labute approximate surface area is 173 Å². The summed E-state index contributed by atoms with van der Waals surface area (Å²) in [7, 11) is 1.44. The van der Waals surface area contributed by atoms with E-state index in [1.54, 1.807) is 4.90 Å². The Kier molecular flexibility index (Phi) is 8.68. The second-order valence-corrected chi connectivity index (χ2v) is 7.09. The highest BCUT2D eigenvalue weighted by Gasteiger charge is 2.31. The van der Waals surface area contributed by atoms with Gasteiger partial charge in [0.25, 0.3) is 0 Å². The highest BCUT2D eigenvalue weighted by atomic mass is 127. The zero-order chi connectivity index (χ0) is 17.6. The van der Waals surface area contributed by atoms with Crippen LogP contribution in [0.1, 0.15) is 19.8 Å². The van der Waals surface area contributed by atoms with E-state index in [0.29, 0.717) is 12.1 Å². The number of halogens is 1. The molecule has 4 fully saturated rings. The van der Waals surface area contributed by atoms with Gasteiger partial charge in [-0.3, -0.25) is 14.8 Å². The molecule has 8 nitrogen and oxygen atoms in total. The number of aliphatic imine (C=N–C) groups is 1. The molecular weight excluding hydrogens is 447 g/mol. The maximum atomic E-state index is 11.6. The number of hydrogen-bond acceptors (Lipinski definition) is 5. The molecule has 1 atom stereocenters. The Morgan fingerprint density at radius 3 is 2.38 bits per heavy atom. The van der Waals surface area contributed by atoms with Gasteiger partial charge in [-0.25, -0.2) is 4.79 Å². The molecule has 26 heavy (non-hydrogen) atoms. The number of amides is 1. The number of ether oxygens (including phenoxy) is 1. The number of fused-ring (bicyclic) bond motifs is 3. The minimum Gasteiger partial charge on any atom is -0.453 e. The Bertz CT molecular complexity index is 476. The van der Waals surface area contributed by atoms with Crippen molar-refractivity contribution in [2.75, 3.05) is 66.0 Å². The van der Waals surface area contributed by atoms with Crippen molar-refractivity contribution >= 4 is 36.0 Å². The summed E-state index contributed by atoms with van der Waals surface area (Å²) in [6, 6.07) is 0.893. The standard InChI is InChI=1S/C17H32N6O2.HI/c1-3-18-16(19-12-15-13-21-8-10-22(15)11-9-21)20-14-4-6-23(7-5-14)17(24)25-2;/h14-15H,3-13H2,1-2H3,(H2,18,19,20);1H. The molecule has 4 heterocycles. The number of nitrogens with one attached hydrogen (secondary N) is 2. The molecule has 0 aromatic rings. The van der Waals surface area contributed by atoms with Crippen LogP contribution in [0.3, 0.4) is 0 Å². The lowest BCUT2D eigenvalue weighted by atomic mass is 10.1. The van der Waals surface area contributed by atoms with E-state index in [0.717, 1.165) is 51.5 Å². The highest BCUT2D eigenvalue weighted by Crippen LogP contribution is 2.16. The first-order valence-electron chi connectivity index (χ1n) is 9.53. The fourth-order valence-electron chi connectivity index (χ4n) is 3.94. The number of hydrogen-bond donors (Lipinski definition) is 2. The van der Waals surface area contributed by atoms with Crippen molar-refractivity contribution in [3.63, 3.8) is 0 Å². The SMILES string of the molecule is CCNC(=NCC1CN2CCN1CC2)NC1CCN(C(=O)OC)CC1.I. The van der Waals surface area contributed by atoms with Crippen molar-refractivity contribution in [2.24, 2.45) is 4.99 Å². The van der Waals surface area contributed by atoms with E-state index < -0.39 is 0 Å². The highest BCUT2D eigenvalue weighted by molar-refractivity contribution is 14.0. The van der Waals surface area contributed by atoms with Crippen LogP contribution in [0.5, 0.6) is 0 Å². The predicted molar refractivity (Wildman–Crippen MR) is 113 cm³/mol. The number of likely N-dealkylation sites (tertiary alicyclic amines) is 1. The van der Waals surface area contributed by atoms with Crippen LogP contribution >= 0.6 is 24.0 Å². The van der Waals surface area contributed by atoms with Crippen LogP contribution in [0.2, 0.25) is 0 Å². The summed E-state index contributed by atoms with van der Waals surface area (Å²) in [6.07, 6.45) is 1.61. The lowest BCUT2D eigenvalue weighted by Gasteiger charge is -2.47. The molecule has 0 aromatic heterocycles. The minimum atomic E-state index is -0.226. The van der Waals surface area contributed by atoms with Crippen molar-refractivity contribution in [1.82, 2.24) is 25.3 Å². The molecule has 150 valence electrons. The molecule has 0 aliphatic carbocycles. The van der Waals surface area contributed by atoms with Gasteiger partial charge in [0.15, 0.2) is 5.96 Å². The van der Waals surface area contributed by atoms with Gasteiger partial charge in [0.2, 0.25) is 0 Å². The van der Waals surface area contributed by atoms with Crippen LogP contribution in [0.15, 0.2) is 4.99 Å². The molecule has 4 saturated heterocycles. The summed E-state index contributed by atoms with van der Waals surface area (Å²) < 4.78 is 4.80. The summed E-state index contributed by atoms with van der Waals surface area (Å²) >= 11 is 0. The molecule has 0 aromatic carbocycles. The molecule has 0 saturated carbocycles. The molecule has 4 rings (SSSR count). The normalized spacial score (nSPS) is 29.1. The van der Waals surface area contributed by atoms with Crippen LogP contribution < -0.4 is 10.6 Å². The number of carbonyl (C=O) groups is 1. The number of carbonyl (C=O) groups excluding carboxylic acids is 1. The molecule has 9 heteroatoms. The van der Waals surface area contributed by atoms with Crippen LogP contribution in [-0.2, 0) is 4.74 Å². The molecule has 4 aliphatic heterocycles. The first-order chi connectivity index (χ1) is 12.2. The van der Waals surface area contributed by atoms with Gasteiger partial charge in [-0.15, -0.1) is 24.0 Å². The zero-order valence-electron chi connectivity index (χ0n) is 15.9. The monoisotopic (exact) mass is 480 g/mol. The molecule has 1 unspecified atom stereocenters. The number of piperazine rings is 3. The van der Waals surface area contributed by atoms with Gasteiger partial charge in [0, 0.05) is 64.4 Å². The molecule has 1 amide bonds. The lowest BCUT2D eigenvalue weighted by molar-refractivity contribution is 0.0174. The summed E-state index contributed by atoms with van der Waals surface area (Å²) in [6.45, 7) is 11.2. The van der Waals surface area contributed by atoms with E-state index in [1.807, 2.05) is 0 Å². The second-order valence-electron chi connectivity index (χ2n) is 7.09. The largest absolute Gasteiger partial charge is 0.453 e. The number of methoxy groups -OCH3 is 1. The van der Waals surface area contributed by atoms with Gasteiger partial charge in [-0.1, -0.05) is 0 Å². The van der Waals surface area contributed by atoms with Crippen LogP contribution in [0.4, 0.5) is 4.79 Å². The number of piperidine rings is 1. The van der Waals surface area contributed by atoms with Crippen molar-refractivity contribution in [2.45, 2.75) is 31.8 Å². The van der Waals surface area contributed by atoms with Crippen LogP contribution in [0.25, 0.3) is 0 Å². The van der Waals surface area contributed by atoms with Gasteiger partial charge >= 0.3 is 6.09 Å². The average Bonchev–Trinajstić information content (AvgIpc) is 2.67. The summed E-state index contributed by atoms with van der Waals surface area (Å²) in [4.78, 5) is 23.3. The van der Waals surface area contributed by atoms with Crippen molar-refractivity contribution < 1.29 is 9.53 Å². The molecular formula is C17H33IN6O2. The van der Waals surface area contributed by atoms with E-state index >= 15 is 0 Å². The van der Waals surface area contributed by atoms with Gasteiger partial charge in [0.05, 0.1) is 13.7 Å². The van der Waals surface area contributed by atoms with Gasteiger partial charge in [-0.05, 0) is 19.8 Å².